The predicted molar refractivity (Wildman–Crippen MR) is 66.7 cm³/mol. The summed E-state index contributed by atoms with van der Waals surface area (Å²) in [5.41, 5.74) is 1.12. The van der Waals surface area contributed by atoms with Gasteiger partial charge < -0.3 is 10.6 Å². The molecule has 2 saturated carbocycles. The third kappa shape index (κ3) is 2.14. The minimum Gasteiger partial charge on any atom is -0.335 e. The predicted octanol–water partition coefficient (Wildman–Crippen LogP) is 2.53. The number of urea groups is 1. The van der Waals surface area contributed by atoms with Crippen LogP contribution in [0.25, 0.3) is 0 Å². The second kappa shape index (κ2) is 4.06. The van der Waals surface area contributed by atoms with Crippen molar-refractivity contribution in [2.45, 2.75) is 43.7 Å². The molecule has 1 aromatic rings. The van der Waals surface area contributed by atoms with Crippen molar-refractivity contribution >= 4 is 6.03 Å². The Kier molecular flexibility index (Phi) is 2.54. The van der Waals surface area contributed by atoms with E-state index in [-0.39, 0.29) is 11.6 Å². The van der Waals surface area contributed by atoms with Crippen molar-refractivity contribution in [1.29, 1.82) is 0 Å². The summed E-state index contributed by atoms with van der Waals surface area (Å²) in [6, 6.07) is 10.7. The second-order valence-electron chi connectivity index (χ2n) is 5.17. The highest BCUT2D eigenvalue weighted by molar-refractivity contribution is 5.76. The van der Waals surface area contributed by atoms with Gasteiger partial charge in [-0.3, -0.25) is 0 Å². The number of carbonyl (C=O) groups is 1. The molecule has 2 aliphatic carbocycles. The Labute approximate surface area is 102 Å². The molecule has 17 heavy (non-hydrogen) atoms. The van der Waals surface area contributed by atoms with E-state index < -0.39 is 0 Å². The van der Waals surface area contributed by atoms with Gasteiger partial charge in [0.2, 0.25) is 0 Å². The van der Waals surface area contributed by atoms with E-state index >= 15 is 0 Å². The molecule has 2 fully saturated rings. The SMILES string of the molecule is O=C(NC1CC1)NC1(c2ccccc2)CCC1. The lowest BCUT2D eigenvalue weighted by Crippen LogP contribution is -2.54. The number of amides is 2. The fourth-order valence-electron chi connectivity index (χ4n) is 2.44. The van der Waals surface area contributed by atoms with E-state index in [9.17, 15) is 4.79 Å². The third-order valence-electron chi connectivity index (χ3n) is 3.80. The maximum atomic E-state index is 11.9. The van der Waals surface area contributed by atoms with E-state index in [1.807, 2.05) is 18.2 Å². The summed E-state index contributed by atoms with van der Waals surface area (Å²) in [7, 11) is 0. The lowest BCUT2D eigenvalue weighted by molar-refractivity contribution is 0.177. The highest BCUT2D eigenvalue weighted by atomic mass is 16.2. The minimum absolute atomic E-state index is 0.00365. The van der Waals surface area contributed by atoms with Crippen molar-refractivity contribution in [3.63, 3.8) is 0 Å². The first-order chi connectivity index (χ1) is 8.28. The summed E-state index contributed by atoms with van der Waals surface area (Å²) in [5.74, 6) is 0. The van der Waals surface area contributed by atoms with E-state index in [1.165, 1.54) is 12.0 Å². The molecular weight excluding hydrogens is 212 g/mol. The molecular formula is C14H18N2O. The normalized spacial score (nSPS) is 21.4. The average molecular weight is 230 g/mol. The van der Waals surface area contributed by atoms with Gasteiger partial charge in [0.25, 0.3) is 0 Å². The Hall–Kier alpha value is -1.51. The molecule has 0 atom stereocenters. The Morgan fingerprint density at radius 3 is 2.41 bits per heavy atom. The van der Waals surface area contributed by atoms with Gasteiger partial charge in [0.15, 0.2) is 0 Å². The van der Waals surface area contributed by atoms with Gasteiger partial charge in [-0.05, 0) is 37.7 Å². The molecule has 0 aliphatic heterocycles. The van der Waals surface area contributed by atoms with E-state index in [4.69, 9.17) is 0 Å². The average Bonchev–Trinajstić information content (AvgIpc) is 3.08. The van der Waals surface area contributed by atoms with Gasteiger partial charge in [-0.25, -0.2) is 4.79 Å². The second-order valence-corrected chi connectivity index (χ2v) is 5.17. The zero-order valence-electron chi connectivity index (χ0n) is 9.91. The number of hydrogen-bond donors (Lipinski definition) is 2. The van der Waals surface area contributed by atoms with Crippen LogP contribution in [0.3, 0.4) is 0 Å². The van der Waals surface area contributed by atoms with Crippen LogP contribution in [0.5, 0.6) is 0 Å². The van der Waals surface area contributed by atoms with Gasteiger partial charge in [0.1, 0.15) is 0 Å². The maximum Gasteiger partial charge on any atom is 0.315 e. The summed E-state index contributed by atoms with van der Waals surface area (Å²) in [4.78, 5) is 11.9. The molecule has 0 spiro atoms. The van der Waals surface area contributed by atoms with E-state index in [2.05, 4.69) is 22.8 Å². The summed E-state index contributed by atoms with van der Waals surface area (Å²) < 4.78 is 0. The minimum atomic E-state index is -0.111. The van der Waals surface area contributed by atoms with Gasteiger partial charge in [-0.1, -0.05) is 30.3 Å². The van der Waals surface area contributed by atoms with Crippen LogP contribution in [0, 0.1) is 0 Å². The molecule has 2 amide bonds. The largest absolute Gasteiger partial charge is 0.335 e. The summed E-state index contributed by atoms with van der Waals surface area (Å²) >= 11 is 0. The molecule has 0 aromatic heterocycles. The molecule has 2 N–H and O–H groups in total. The number of nitrogens with one attached hydrogen (secondary N) is 2. The molecule has 3 nitrogen and oxygen atoms in total. The summed E-state index contributed by atoms with van der Waals surface area (Å²) in [5, 5.41) is 6.16. The van der Waals surface area contributed by atoms with Gasteiger partial charge in [-0.2, -0.15) is 0 Å². The van der Waals surface area contributed by atoms with Crippen LogP contribution < -0.4 is 10.6 Å². The number of carbonyl (C=O) groups excluding carboxylic acids is 1. The van der Waals surface area contributed by atoms with Crippen LogP contribution in [0.1, 0.15) is 37.7 Å². The molecule has 2 aliphatic rings. The van der Waals surface area contributed by atoms with E-state index in [0.717, 1.165) is 25.7 Å². The van der Waals surface area contributed by atoms with Gasteiger partial charge >= 0.3 is 6.03 Å². The van der Waals surface area contributed by atoms with Crippen molar-refractivity contribution < 1.29 is 4.79 Å². The summed E-state index contributed by atoms with van der Waals surface area (Å²) in [6.45, 7) is 0. The molecule has 0 heterocycles. The van der Waals surface area contributed by atoms with E-state index in [0.29, 0.717) is 6.04 Å². The van der Waals surface area contributed by atoms with Crippen molar-refractivity contribution in [2.75, 3.05) is 0 Å². The highest BCUT2D eigenvalue weighted by Gasteiger charge is 2.40. The zero-order chi connectivity index (χ0) is 11.7. The molecule has 0 unspecified atom stereocenters. The topological polar surface area (TPSA) is 41.1 Å². The van der Waals surface area contributed by atoms with Crippen LogP contribution in [-0.4, -0.2) is 12.1 Å². The lowest BCUT2D eigenvalue weighted by Gasteiger charge is -2.43. The fourth-order valence-corrected chi connectivity index (χ4v) is 2.44. The quantitative estimate of drug-likeness (QED) is 0.823. The third-order valence-corrected chi connectivity index (χ3v) is 3.80. The highest BCUT2D eigenvalue weighted by Crippen LogP contribution is 2.41. The van der Waals surface area contributed by atoms with E-state index in [1.54, 1.807) is 0 Å². The van der Waals surface area contributed by atoms with Crippen molar-refractivity contribution in [3.8, 4) is 0 Å². The first-order valence-corrected chi connectivity index (χ1v) is 6.43. The van der Waals surface area contributed by atoms with Gasteiger partial charge in [-0.15, -0.1) is 0 Å². The number of rotatable bonds is 3. The fraction of sp³-hybridized carbons (Fsp3) is 0.500. The number of benzene rings is 1. The molecule has 0 saturated heterocycles. The Morgan fingerprint density at radius 1 is 1.18 bits per heavy atom. The Morgan fingerprint density at radius 2 is 1.88 bits per heavy atom. The molecule has 1 aromatic carbocycles. The molecule has 3 heteroatoms. The van der Waals surface area contributed by atoms with Crippen LogP contribution >= 0.6 is 0 Å². The standard InChI is InChI=1S/C14H18N2O/c17-13(15-12-7-8-12)16-14(9-4-10-14)11-5-2-1-3-6-11/h1-3,5-6,12H,4,7-10H2,(H2,15,16,17). The van der Waals surface area contributed by atoms with Crippen LogP contribution in [0.2, 0.25) is 0 Å². The number of hydrogen-bond acceptors (Lipinski definition) is 1. The molecule has 0 bridgehead atoms. The van der Waals surface area contributed by atoms with Crippen LogP contribution in [-0.2, 0) is 5.54 Å². The zero-order valence-corrected chi connectivity index (χ0v) is 9.91. The first-order valence-electron chi connectivity index (χ1n) is 6.43. The monoisotopic (exact) mass is 230 g/mol. The van der Waals surface area contributed by atoms with Crippen molar-refractivity contribution in [3.05, 3.63) is 35.9 Å². The van der Waals surface area contributed by atoms with Crippen LogP contribution in [0.15, 0.2) is 30.3 Å². The Balaban J connectivity index is 1.71. The smallest absolute Gasteiger partial charge is 0.315 e. The summed E-state index contributed by atoms with van der Waals surface area (Å²) in [6.07, 6.45) is 5.56. The lowest BCUT2D eigenvalue weighted by atomic mass is 9.72. The molecule has 3 rings (SSSR count). The first kappa shape index (κ1) is 10.6. The van der Waals surface area contributed by atoms with Crippen LogP contribution in [0.4, 0.5) is 4.79 Å². The van der Waals surface area contributed by atoms with Gasteiger partial charge in [0, 0.05) is 6.04 Å². The maximum absolute atomic E-state index is 11.9. The molecule has 90 valence electrons. The Bertz CT molecular complexity index is 407. The van der Waals surface area contributed by atoms with Gasteiger partial charge in [0.05, 0.1) is 5.54 Å². The molecule has 0 radical (unpaired) electrons. The van der Waals surface area contributed by atoms with Crippen molar-refractivity contribution in [2.24, 2.45) is 0 Å². The van der Waals surface area contributed by atoms with Crippen molar-refractivity contribution in [1.82, 2.24) is 10.6 Å².